The van der Waals surface area contributed by atoms with E-state index in [1.165, 1.54) is 31.8 Å². The quantitative estimate of drug-likeness (QED) is 0.523. The van der Waals surface area contributed by atoms with Gasteiger partial charge in [-0.1, -0.05) is 33.1 Å². The highest BCUT2D eigenvalue weighted by atomic mass is 31.0. The molecule has 0 aromatic carbocycles. The molecule has 1 heteroatoms. The summed E-state index contributed by atoms with van der Waals surface area (Å²) in [6.45, 7) is 4.58. The van der Waals surface area contributed by atoms with Gasteiger partial charge in [-0.15, -0.1) is 9.24 Å². The molecule has 0 aromatic rings. The van der Waals surface area contributed by atoms with Crippen molar-refractivity contribution in [1.82, 2.24) is 0 Å². The summed E-state index contributed by atoms with van der Waals surface area (Å²) in [6, 6.07) is 0. The first-order valence-electron chi connectivity index (χ1n) is 4.05. The molecule has 0 bridgehead atoms. The maximum atomic E-state index is 2.79. The topological polar surface area (TPSA) is 0 Å². The predicted octanol–water partition coefficient (Wildman–Crippen LogP) is 3.08. The molecule has 0 saturated carbocycles. The van der Waals surface area contributed by atoms with Gasteiger partial charge in [-0.3, -0.25) is 0 Å². The highest BCUT2D eigenvalue weighted by Gasteiger charge is 2.00. The fraction of sp³-hybridized carbons (Fsp3) is 1.00. The standard InChI is InChI=1S/C8H19P/c1-3-8(4-2)6-5-7-9/h8H,3-7,9H2,1-2H3. The van der Waals surface area contributed by atoms with Crippen LogP contribution in [0.2, 0.25) is 0 Å². The summed E-state index contributed by atoms with van der Waals surface area (Å²) in [6.07, 6.45) is 6.81. The van der Waals surface area contributed by atoms with E-state index in [0.717, 1.165) is 5.92 Å². The van der Waals surface area contributed by atoms with Crippen LogP contribution in [0.15, 0.2) is 0 Å². The Morgan fingerprint density at radius 3 is 2.11 bits per heavy atom. The first-order chi connectivity index (χ1) is 4.35. The molecule has 0 heterocycles. The largest absolute Gasteiger partial charge is 0.138 e. The van der Waals surface area contributed by atoms with Crippen LogP contribution < -0.4 is 0 Å². The lowest BCUT2D eigenvalue weighted by atomic mass is 9.98. The highest BCUT2D eigenvalue weighted by Crippen LogP contribution is 2.14. The number of rotatable bonds is 5. The van der Waals surface area contributed by atoms with Crippen LogP contribution in [0, 0.1) is 5.92 Å². The molecule has 0 aliphatic rings. The van der Waals surface area contributed by atoms with E-state index >= 15 is 0 Å². The van der Waals surface area contributed by atoms with E-state index in [2.05, 4.69) is 23.1 Å². The van der Waals surface area contributed by atoms with Gasteiger partial charge in [0.05, 0.1) is 0 Å². The summed E-state index contributed by atoms with van der Waals surface area (Å²) in [5.74, 6) is 0.991. The Hall–Kier alpha value is 0.430. The maximum absolute atomic E-state index is 2.79. The molecule has 0 nitrogen and oxygen atoms in total. The zero-order valence-corrected chi connectivity index (χ0v) is 7.84. The van der Waals surface area contributed by atoms with Gasteiger partial charge in [0.2, 0.25) is 0 Å². The van der Waals surface area contributed by atoms with Crippen LogP contribution in [0.25, 0.3) is 0 Å². The Labute approximate surface area is 61.6 Å². The zero-order chi connectivity index (χ0) is 7.11. The van der Waals surface area contributed by atoms with Gasteiger partial charge >= 0.3 is 0 Å². The predicted molar refractivity (Wildman–Crippen MR) is 47.9 cm³/mol. The lowest BCUT2D eigenvalue weighted by Gasteiger charge is -2.09. The molecule has 0 fully saturated rings. The van der Waals surface area contributed by atoms with Crippen LogP contribution in [-0.2, 0) is 0 Å². The Morgan fingerprint density at radius 1 is 1.22 bits per heavy atom. The maximum Gasteiger partial charge on any atom is -0.0381 e. The number of hydrogen-bond donors (Lipinski definition) is 0. The van der Waals surface area contributed by atoms with Crippen LogP contribution in [-0.4, -0.2) is 6.16 Å². The van der Waals surface area contributed by atoms with Gasteiger partial charge in [0.25, 0.3) is 0 Å². The van der Waals surface area contributed by atoms with Gasteiger partial charge in [0.15, 0.2) is 0 Å². The molecular weight excluding hydrogens is 127 g/mol. The molecular formula is C8H19P. The van der Waals surface area contributed by atoms with E-state index in [9.17, 15) is 0 Å². The monoisotopic (exact) mass is 146 g/mol. The fourth-order valence-corrected chi connectivity index (χ4v) is 1.34. The lowest BCUT2D eigenvalue weighted by Crippen LogP contribution is -1.96. The van der Waals surface area contributed by atoms with E-state index in [4.69, 9.17) is 0 Å². The van der Waals surface area contributed by atoms with E-state index in [-0.39, 0.29) is 0 Å². The third kappa shape index (κ3) is 4.90. The van der Waals surface area contributed by atoms with E-state index in [1.807, 2.05) is 0 Å². The first-order valence-corrected chi connectivity index (χ1v) is 4.86. The summed E-state index contributed by atoms with van der Waals surface area (Å²) in [5.41, 5.74) is 0. The Bertz CT molecular complexity index is 48.5. The Morgan fingerprint density at radius 2 is 1.78 bits per heavy atom. The summed E-state index contributed by atoms with van der Waals surface area (Å²) >= 11 is 0. The van der Waals surface area contributed by atoms with Crippen molar-refractivity contribution in [3.8, 4) is 0 Å². The average molecular weight is 146 g/mol. The molecule has 0 N–H and O–H groups in total. The molecule has 56 valence electrons. The van der Waals surface area contributed by atoms with Crippen molar-refractivity contribution in [2.45, 2.75) is 39.5 Å². The SMILES string of the molecule is CCC(CC)CCCP. The van der Waals surface area contributed by atoms with Crippen LogP contribution in [0.4, 0.5) is 0 Å². The highest BCUT2D eigenvalue weighted by molar-refractivity contribution is 7.16. The summed E-state index contributed by atoms with van der Waals surface area (Å²) in [7, 11) is 2.79. The molecule has 0 aliphatic heterocycles. The van der Waals surface area contributed by atoms with E-state index in [1.54, 1.807) is 0 Å². The zero-order valence-electron chi connectivity index (χ0n) is 6.69. The van der Waals surface area contributed by atoms with Crippen molar-refractivity contribution in [2.75, 3.05) is 6.16 Å². The molecule has 0 saturated heterocycles. The Balaban J connectivity index is 3.09. The minimum Gasteiger partial charge on any atom is -0.138 e. The molecule has 0 spiro atoms. The van der Waals surface area contributed by atoms with Gasteiger partial charge in [-0.05, 0) is 18.5 Å². The van der Waals surface area contributed by atoms with E-state index in [0.29, 0.717) is 0 Å². The van der Waals surface area contributed by atoms with Crippen LogP contribution in [0.3, 0.4) is 0 Å². The van der Waals surface area contributed by atoms with Crippen molar-refractivity contribution >= 4 is 9.24 Å². The second kappa shape index (κ2) is 6.55. The van der Waals surface area contributed by atoms with Crippen molar-refractivity contribution < 1.29 is 0 Å². The second-order valence-electron chi connectivity index (χ2n) is 2.61. The normalized spacial score (nSPS) is 10.7. The van der Waals surface area contributed by atoms with Crippen molar-refractivity contribution in [1.29, 1.82) is 0 Å². The van der Waals surface area contributed by atoms with Crippen molar-refractivity contribution in [3.63, 3.8) is 0 Å². The molecule has 0 rings (SSSR count). The third-order valence-corrected chi connectivity index (χ3v) is 2.38. The molecule has 1 unspecified atom stereocenters. The first kappa shape index (κ1) is 9.43. The lowest BCUT2D eigenvalue weighted by molar-refractivity contribution is 0.452. The van der Waals surface area contributed by atoms with Crippen LogP contribution in [0.5, 0.6) is 0 Å². The van der Waals surface area contributed by atoms with Gasteiger partial charge in [-0.25, -0.2) is 0 Å². The van der Waals surface area contributed by atoms with Gasteiger partial charge in [0.1, 0.15) is 0 Å². The summed E-state index contributed by atoms with van der Waals surface area (Å²) in [4.78, 5) is 0. The van der Waals surface area contributed by atoms with Crippen LogP contribution >= 0.6 is 9.24 Å². The van der Waals surface area contributed by atoms with Crippen molar-refractivity contribution in [3.05, 3.63) is 0 Å². The van der Waals surface area contributed by atoms with E-state index < -0.39 is 0 Å². The smallest absolute Gasteiger partial charge is 0.0381 e. The molecule has 9 heavy (non-hydrogen) atoms. The summed E-state index contributed by atoms with van der Waals surface area (Å²) in [5, 5.41) is 0. The average Bonchev–Trinajstić information content (AvgIpc) is 1.91. The second-order valence-corrected chi connectivity index (χ2v) is 3.19. The molecule has 0 amide bonds. The summed E-state index contributed by atoms with van der Waals surface area (Å²) < 4.78 is 0. The minimum absolute atomic E-state index is 0.991. The number of hydrogen-bond acceptors (Lipinski definition) is 0. The molecule has 0 aromatic heterocycles. The van der Waals surface area contributed by atoms with Crippen LogP contribution in [0.1, 0.15) is 39.5 Å². The van der Waals surface area contributed by atoms with Gasteiger partial charge in [0, 0.05) is 0 Å². The van der Waals surface area contributed by atoms with Gasteiger partial charge < -0.3 is 0 Å². The molecule has 0 radical (unpaired) electrons. The molecule has 0 aliphatic carbocycles. The Kier molecular flexibility index (Phi) is 6.86. The molecule has 1 atom stereocenters. The van der Waals surface area contributed by atoms with Crippen molar-refractivity contribution in [2.24, 2.45) is 5.92 Å². The van der Waals surface area contributed by atoms with Gasteiger partial charge in [-0.2, -0.15) is 0 Å². The fourth-order valence-electron chi connectivity index (χ4n) is 1.10. The minimum atomic E-state index is 0.991. The third-order valence-electron chi connectivity index (χ3n) is 1.97.